The molecule has 0 amide bonds. The molecule has 1 aliphatic carbocycles. The minimum atomic E-state index is -3.67. The zero-order valence-electron chi connectivity index (χ0n) is 12.1. The fourth-order valence-corrected chi connectivity index (χ4v) is 3.44. The lowest BCUT2D eigenvalue weighted by Crippen LogP contribution is -2.29. The van der Waals surface area contributed by atoms with E-state index in [-0.39, 0.29) is 16.1 Å². The third kappa shape index (κ3) is 3.74. The van der Waals surface area contributed by atoms with Crippen LogP contribution in [0.4, 0.5) is 5.69 Å². The molecule has 3 N–H and O–H groups in total. The van der Waals surface area contributed by atoms with E-state index in [1.807, 2.05) is 6.92 Å². The Balaban J connectivity index is 2.13. The molecule has 1 aliphatic rings. The maximum Gasteiger partial charge on any atom is 0.337 e. The van der Waals surface area contributed by atoms with E-state index < -0.39 is 16.0 Å². The number of hydrogen-bond donors (Lipinski definition) is 2. The number of carbonyl (C=O) groups excluding carboxylic acids is 1. The number of benzene rings is 1. The third-order valence-corrected chi connectivity index (χ3v) is 5.24. The molecule has 0 aromatic heterocycles. The Kier molecular flexibility index (Phi) is 4.53. The lowest BCUT2D eigenvalue weighted by Gasteiger charge is -2.13. The maximum absolute atomic E-state index is 12.2. The van der Waals surface area contributed by atoms with Crippen LogP contribution in [0.25, 0.3) is 0 Å². The van der Waals surface area contributed by atoms with Gasteiger partial charge in [0.1, 0.15) is 4.90 Å². The molecule has 0 aliphatic heterocycles. The molecule has 0 saturated heterocycles. The zero-order valence-corrected chi connectivity index (χ0v) is 12.9. The highest BCUT2D eigenvalue weighted by Gasteiger charge is 2.29. The normalized spacial score (nSPS) is 16.5. The molecular formula is C14H20N2O4S. The van der Waals surface area contributed by atoms with Crippen molar-refractivity contribution in [2.24, 2.45) is 11.8 Å². The van der Waals surface area contributed by atoms with Gasteiger partial charge < -0.3 is 10.5 Å². The molecule has 6 nitrogen and oxygen atoms in total. The van der Waals surface area contributed by atoms with E-state index in [0.29, 0.717) is 18.4 Å². The van der Waals surface area contributed by atoms with E-state index in [9.17, 15) is 13.2 Å². The summed E-state index contributed by atoms with van der Waals surface area (Å²) in [7, 11) is -2.41. The number of nitrogens with one attached hydrogen (secondary N) is 1. The fraction of sp³-hybridized carbons (Fsp3) is 0.500. The van der Waals surface area contributed by atoms with Gasteiger partial charge in [-0.05, 0) is 42.9 Å². The van der Waals surface area contributed by atoms with E-state index in [0.717, 1.165) is 0 Å². The minimum absolute atomic E-state index is 0.0156. The second-order valence-electron chi connectivity index (χ2n) is 5.41. The number of nitrogens with two attached hydrogens (primary N) is 1. The molecule has 21 heavy (non-hydrogen) atoms. The highest BCUT2D eigenvalue weighted by molar-refractivity contribution is 7.89. The molecule has 1 atom stereocenters. The minimum Gasteiger partial charge on any atom is -0.465 e. The molecular weight excluding hydrogens is 292 g/mol. The van der Waals surface area contributed by atoms with Gasteiger partial charge in [0, 0.05) is 6.54 Å². The summed E-state index contributed by atoms with van der Waals surface area (Å²) in [6.07, 6.45) is 2.33. The number of hydrogen-bond acceptors (Lipinski definition) is 5. The highest BCUT2D eigenvalue weighted by Crippen LogP contribution is 2.36. The van der Waals surface area contributed by atoms with Crippen LogP contribution in [0.15, 0.2) is 23.1 Å². The monoisotopic (exact) mass is 312 g/mol. The van der Waals surface area contributed by atoms with Crippen LogP contribution in [0.2, 0.25) is 0 Å². The third-order valence-electron chi connectivity index (χ3n) is 3.74. The molecule has 1 fully saturated rings. The molecule has 1 unspecified atom stereocenters. The largest absolute Gasteiger partial charge is 0.465 e. The van der Waals surface area contributed by atoms with Crippen LogP contribution >= 0.6 is 0 Å². The summed E-state index contributed by atoms with van der Waals surface area (Å²) in [5.74, 6) is 0.378. The predicted octanol–water partition coefficient (Wildman–Crippen LogP) is 1.38. The van der Waals surface area contributed by atoms with E-state index in [2.05, 4.69) is 9.46 Å². The lowest BCUT2D eigenvalue weighted by molar-refractivity contribution is 0.0600. The Hall–Kier alpha value is -1.60. The predicted molar refractivity (Wildman–Crippen MR) is 79.3 cm³/mol. The topological polar surface area (TPSA) is 98.5 Å². The van der Waals surface area contributed by atoms with Crippen LogP contribution < -0.4 is 10.5 Å². The fourth-order valence-electron chi connectivity index (χ4n) is 2.19. The standard InChI is InChI=1S/C14H20N2O4S/c1-9(10-3-4-10)8-16-21(18,19)13-6-5-11(7-12(13)15)14(17)20-2/h5-7,9-10,16H,3-4,8,15H2,1-2H3. The van der Waals surface area contributed by atoms with Crippen molar-refractivity contribution in [2.45, 2.75) is 24.7 Å². The van der Waals surface area contributed by atoms with Gasteiger partial charge in [0.25, 0.3) is 0 Å². The Morgan fingerprint density at radius 2 is 2.14 bits per heavy atom. The molecule has 0 spiro atoms. The van der Waals surface area contributed by atoms with Crippen LogP contribution in [0.1, 0.15) is 30.1 Å². The average Bonchev–Trinajstić information content (AvgIpc) is 3.28. The number of carbonyl (C=O) groups is 1. The van der Waals surface area contributed by atoms with Crippen molar-refractivity contribution in [1.82, 2.24) is 4.72 Å². The Morgan fingerprint density at radius 3 is 2.67 bits per heavy atom. The van der Waals surface area contributed by atoms with Crippen molar-refractivity contribution in [2.75, 3.05) is 19.4 Å². The van der Waals surface area contributed by atoms with Crippen molar-refractivity contribution in [3.8, 4) is 0 Å². The number of esters is 1. The number of anilines is 1. The quantitative estimate of drug-likeness (QED) is 0.611. The Morgan fingerprint density at radius 1 is 1.48 bits per heavy atom. The summed E-state index contributed by atoms with van der Waals surface area (Å²) >= 11 is 0. The van der Waals surface area contributed by atoms with Gasteiger partial charge in [0.15, 0.2) is 0 Å². The van der Waals surface area contributed by atoms with E-state index in [4.69, 9.17) is 5.73 Å². The van der Waals surface area contributed by atoms with Gasteiger partial charge in [-0.2, -0.15) is 0 Å². The summed E-state index contributed by atoms with van der Waals surface area (Å²) in [4.78, 5) is 11.4. The molecule has 0 bridgehead atoms. The molecule has 2 rings (SSSR count). The van der Waals surface area contributed by atoms with Gasteiger partial charge in [-0.15, -0.1) is 0 Å². The SMILES string of the molecule is COC(=O)c1ccc(S(=O)(=O)NCC(C)C2CC2)c(N)c1. The molecule has 116 valence electrons. The van der Waals surface area contributed by atoms with Gasteiger partial charge in [0.05, 0.1) is 18.4 Å². The van der Waals surface area contributed by atoms with E-state index >= 15 is 0 Å². The van der Waals surface area contributed by atoms with Gasteiger partial charge in [-0.3, -0.25) is 0 Å². The lowest BCUT2D eigenvalue weighted by atomic mass is 10.1. The van der Waals surface area contributed by atoms with Crippen molar-refractivity contribution in [1.29, 1.82) is 0 Å². The maximum atomic E-state index is 12.2. The molecule has 1 aromatic rings. The summed E-state index contributed by atoms with van der Waals surface area (Å²) < 4.78 is 31.6. The molecule has 7 heteroatoms. The first-order valence-electron chi connectivity index (χ1n) is 6.82. The van der Waals surface area contributed by atoms with Crippen LogP contribution in [-0.4, -0.2) is 28.0 Å². The van der Waals surface area contributed by atoms with E-state index in [1.54, 1.807) is 0 Å². The molecule has 0 heterocycles. The zero-order chi connectivity index (χ0) is 15.6. The van der Waals surface area contributed by atoms with Crippen molar-refractivity contribution in [3.63, 3.8) is 0 Å². The first kappa shape index (κ1) is 15.8. The molecule has 1 aromatic carbocycles. The number of ether oxygens (including phenoxy) is 1. The molecule has 0 radical (unpaired) electrons. The smallest absolute Gasteiger partial charge is 0.337 e. The number of nitrogen functional groups attached to an aromatic ring is 1. The van der Waals surface area contributed by atoms with Crippen LogP contribution in [-0.2, 0) is 14.8 Å². The summed E-state index contributed by atoms with van der Waals surface area (Å²) in [6.45, 7) is 2.43. The van der Waals surface area contributed by atoms with Crippen molar-refractivity contribution >= 4 is 21.7 Å². The second kappa shape index (κ2) is 6.03. The van der Waals surface area contributed by atoms with Crippen molar-refractivity contribution in [3.05, 3.63) is 23.8 Å². The number of sulfonamides is 1. The van der Waals surface area contributed by atoms with Gasteiger partial charge >= 0.3 is 5.97 Å². The number of methoxy groups -OCH3 is 1. The summed E-state index contributed by atoms with van der Waals surface area (Å²) in [5.41, 5.74) is 6.01. The first-order valence-corrected chi connectivity index (χ1v) is 8.31. The average molecular weight is 312 g/mol. The summed E-state index contributed by atoms with van der Waals surface area (Å²) in [5, 5.41) is 0. The second-order valence-corrected chi connectivity index (χ2v) is 7.15. The Labute approximate surface area is 124 Å². The van der Waals surface area contributed by atoms with Crippen LogP contribution in [0.5, 0.6) is 0 Å². The number of rotatable bonds is 6. The first-order chi connectivity index (χ1) is 9.85. The van der Waals surface area contributed by atoms with Crippen molar-refractivity contribution < 1.29 is 17.9 Å². The Bertz CT molecular complexity index is 638. The van der Waals surface area contributed by atoms with Gasteiger partial charge in [-0.25, -0.2) is 17.9 Å². The van der Waals surface area contributed by atoms with Crippen LogP contribution in [0, 0.1) is 11.8 Å². The van der Waals surface area contributed by atoms with Gasteiger partial charge in [-0.1, -0.05) is 6.92 Å². The van der Waals surface area contributed by atoms with E-state index in [1.165, 1.54) is 38.2 Å². The highest BCUT2D eigenvalue weighted by atomic mass is 32.2. The molecule has 1 saturated carbocycles. The summed E-state index contributed by atoms with van der Waals surface area (Å²) in [6, 6.07) is 4.03. The van der Waals surface area contributed by atoms with Crippen LogP contribution in [0.3, 0.4) is 0 Å². The van der Waals surface area contributed by atoms with Gasteiger partial charge in [0.2, 0.25) is 10.0 Å².